The van der Waals surface area contributed by atoms with Crippen LogP contribution in [0.4, 0.5) is 18.9 Å². The molecule has 4 aromatic heterocycles. The van der Waals surface area contributed by atoms with Crippen LogP contribution in [0.2, 0.25) is 0 Å². The van der Waals surface area contributed by atoms with Crippen molar-refractivity contribution < 1.29 is 22.8 Å². The van der Waals surface area contributed by atoms with Gasteiger partial charge in [-0.1, -0.05) is 6.92 Å². The van der Waals surface area contributed by atoms with E-state index in [1.165, 1.54) is 24.8 Å². The SMILES string of the molecule is CCC(C)(C)n1cc(C(=O)c2cncc(NC(=O)Cn3ccc(C(F)(F)F)n3)c2)c2cncnc21. The minimum Gasteiger partial charge on any atom is -0.326 e. The van der Waals surface area contributed by atoms with Crippen LogP contribution in [0.15, 0.2) is 49.4 Å². The van der Waals surface area contributed by atoms with Gasteiger partial charge in [-0.2, -0.15) is 18.3 Å². The third-order valence-electron chi connectivity index (χ3n) is 5.75. The molecule has 9 nitrogen and oxygen atoms in total. The molecule has 12 heteroatoms. The summed E-state index contributed by atoms with van der Waals surface area (Å²) in [7, 11) is 0. The standard InChI is InChI=1S/C23H22F3N7O2/c1-4-22(2,3)33-11-17(16-10-28-13-29-21(16)33)20(35)14-7-15(9-27-8-14)30-19(34)12-32-6-5-18(31-32)23(24,25)26/h5-11,13H,4,12H2,1-3H3,(H,30,34). The third-order valence-corrected chi connectivity index (χ3v) is 5.75. The van der Waals surface area contributed by atoms with Crippen molar-refractivity contribution in [1.29, 1.82) is 0 Å². The second-order valence-electron chi connectivity index (χ2n) is 8.57. The molecule has 35 heavy (non-hydrogen) atoms. The highest BCUT2D eigenvalue weighted by molar-refractivity contribution is 6.16. The van der Waals surface area contributed by atoms with E-state index >= 15 is 0 Å². The Labute approximate surface area is 198 Å². The first-order valence-electron chi connectivity index (χ1n) is 10.7. The van der Waals surface area contributed by atoms with Crippen LogP contribution in [-0.2, 0) is 23.1 Å². The smallest absolute Gasteiger partial charge is 0.326 e. The molecule has 0 saturated carbocycles. The molecule has 0 spiro atoms. The summed E-state index contributed by atoms with van der Waals surface area (Å²) in [5.74, 6) is -0.955. The van der Waals surface area contributed by atoms with Crippen LogP contribution in [0.1, 0.15) is 48.8 Å². The molecule has 0 aliphatic rings. The first-order chi connectivity index (χ1) is 16.5. The van der Waals surface area contributed by atoms with Crippen LogP contribution >= 0.6 is 0 Å². The quantitative estimate of drug-likeness (QED) is 0.396. The fourth-order valence-corrected chi connectivity index (χ4v) is 3.51. The average molecular weight is 485 g/mol. The molecule has 0 radical (unpaired) electrons. The van der Waals surface area contributed by atoms with Crippen molar-refractivity contribution >= 4 is 28.4 Å². The second-order valence-corrected chi connectivity index (χ2v) is 8.57. The van der Waals surface area contributed by atoms with Gasteiger partial charge in [-0.25, -0.2) is 9.97 Å². The lowest BCUT2D eigenvalue weighted by Gasteiger charge is -2.25. The molecule has 1 N–H and O–H groups in total. The fraction of sp³-hybridized carbons (Fsp3) is 0.304. The molecule has 0 unspecified atom stereocenters. The number of alkyl halides is 3. The van der Waals surface area contributed by atoms with Gasteiger partial charge < -0.3 is 9.88 Å². The van der Waals surface area contributed by atoms with Gasteiger partial charge in [0.1, 0.15) is 18.5 Å². The van der Waals surface area contributed by atoms with E-state index in [1.807, 2.05) is 25.3 Å². The fourth-order valence-electron chi connectivity index (χ4n) is 3.51. The van der Waals surface area contributed by atoms with E-state index in [0.29, 0.717) is 16.6 Å². The van der Waals surface area contributed by atoms with E-state index in [2.05, 4.69) is 25.4 Å². The largest absolute Gasteiger partial charge is 0.435 e. The van der Waals surface area contributed by atoms with Crippen LogP contribution in [0.25, 0.3) is 11.0 Å². The van der Waals surface area contributed by atoms with Gasteiger partial charge in [0.25, 0.3) is 0 Å². The lowest BCUT2D eigenvalue weighted by Crippen LogP contribution is -2.24. The molecule has 0 fully saturated rings. The molecule has 0 atom stereocenters. The average Bonchev–Trinajstić information content (AvgIpc) is 3.44. The number of carbonyl (C=O) groups excluding carboxylic acids is 2. The number of anilines is 1. The van der Waals surface area contributed by atoms with Gasteiger partial charge in [-0.15, -0.1) is 0 Å². The van der Waals surface area contributed by atoms with Crippen LogP contribution in [0.3, 0.4) is 0 Å². The molecular weight excluding hydrogens is 463 g/mol. The van der Waals surface area contributed by atoms with Crippen molar-refractivity contribution in [3.8, 4) is 0 Å². The summed E-state index contributed by atoms with van der Waals surface area (Å²) < 4.78 is 40.9. The van der Waals surface area contributed by atoms with E-state index in [9.17, 15) is 22.8 Å². The molecular formula is C23H22F3N7O2. The molecule has 0 saturated heterocycles. The Bertz CT molecular complexity index is 1410. The second kappa shape index (κ2) is 8.93. The monoisotopic (exact) mass is 485 g/mol. The maximum atomic E-state index is 13.4. The number of rotatable bonds is 7. The Morgan fingerprint density at radius 1 is 1.11 bits per heavy atom. The van der Waals surface area contributed by atoms with Gasteiger partial charge in [0, 0.05) is 41.3 Å². The zero-order valence-corrected chi connectivity index (χ0v) is 19.2. The predicted octanol–water partition coefficient (Wildman–Crippen LogP) is 4.06. The number of aromatic nitrogens is 6. The molecule has 1 amide bonds. The number of pyridine rings is 1. The number of amides is 1. The third kappa shape index (κ3) is 4.91. The molecule has 4 rings (SSSR count). The number of carbonyl (C=O) groups is 2. The lowest BCUT2D eigenvalue weighted by molar-refractivity contribution is -0.141. The van der Waals surface area contributed by atoms with Gasteiger partial charge in [-0.05, 0) is 32.4 Å². The zero-order valence-electron chi connectivity index (χ0n) is 19.2. The molecule has 4 aromatic rings. The Kier molecular flexibility index (Phi) is 6.14. The first-order valence-corrected chi connectivity index (χ1v) is 10.7. The summed E-state index contributed by atoms with van der Waals surface area (Å²) in [5.41, 5.74) is 0.0801. The highest BCUT2D eigenvalue weighted by Crippen LogP contribution is 2.30. The van der Waals surface area contributed by atoms with E-state index in [-0.39, 0.29) is 22.6 Å². The van der Waals surface area contributed by atoms with Gasteiger partial charge in [-0.3, -0.25) is 19.3 Å². The van der Waals surface area contributed by atoms with Gasteiger partial charge in [0.15, 0.2) is 11.5 Å². The van der Waals surface area contributed by atoms with E-state index in [4.69, 9.17) is 0 Å². The minimum absolute atomic E-state index is 0.220. The molecule has 4 heterocycles. The molecule has 0 aliphatic carbocycles. The number of nitrogens with zero attached hydrogens (tertiary/aromatic N) is 6. The van der Waals surface area contributed by atoms with E-state index in [1.54, 1.807) is 12.4 Å². The Hall–Kier alpha value is -4.09. The van der Waals surface area contributed by atoms with Crippen molar-refractivity contribution in [1.82, 2.24) is 29.3 Å². The summed E-state index contributed by atoms with van der Waals surface area (Å²) in [6, 6.07) is 2.24. The summed E-state index contributed by atoms with van der Waals surface area (Å²) in [4.78, 5) is 38.1. The summed E-state index contributed by atoms with van der Waals surface area (Å²) in [5, 5.41) is 6.48. The molecule has 0 bridgehead atoms. The van der Waals surface area contributed by atoms with E-state index < -0.39 is 24.3 Å². The maximum Gasteiger partial charge on any atom is 0.435 e. The van der Waals surface area contributed by atoms with Gasteiger partial charge in [0.05, 0.1) is 17.4 Å². The van der Waals surface area contributed by atoms with Gasteiger partial charge in [0.2, 0.25) is 5.91 Å². The van der Waals surface area contributed by atoms with Crippen molar-refractivity contribution in [3.05, 3.63) is 66.3 Å². The van der Waals surface area contributed by atoms with Crippen LogP contribution in [0, 0.1) is 0 Å². The maximum absolute atomic E-state index is 13.4. The Balaban J connectivity index is 1.57. The zero-order chi connectivity index (χ0) is 25.4. The number of hydrogen-bond acceptors (Lipinski definition) is 6. The number of ketones is 1. The molecule has 0 aromatic carbocycles. The summed E-state index contributed by atoms with van der Waals surface area (Å²) in [6.07, 6.45) is 4.73. The van der Waals surface area contributed by atoms with Crippen LogP contribution < -0.4 is 5.32 Å². The van der Waals surface area contributed by atoms with Crippen LogP contribution in [0.5, 0.6) is 0 Å². The number of nitrogens with one attached hydrogen (secondary N) is 1. The van der Waals surface area contributed by atoms with Gasteiger partial charge >= 0.3 is 6.18 Å². The molecule has 182 valence electrons. The van der Waals surface area contributed by atoms with Crippen LogP contribution in [-0.4, -0.2) is 41.0 Å². The number of hydrogen-bond donors (Lipinski definition) is 1. The first kappa shape index (κ1) is 24.0. The number of fused-ring (bicyclic) bond motifs is 1. The van der Waals surface area contributed by atoms with E-state index in [0.717, 1.165) is 23.4 Å². The van der Waals surface area contributed by atoms with Crippen molar-refractivity contribution in [2.24, 2.45) is 0 Å². The van der Waals surface area contributed by atoms with Crippen molar-refractivity contribution in [2.75, 3.05) is 5.32 Å². The summed E-state index contributed by atoms with van der Waals surface area (Å²) >= 11 is 0. The Morgan fingerprint density at radius 3 is 2.57 bits per heavy atom. The normalized spacial score (nSPS) is 12.2. The van der Waals surface area contributed by atoms with Crippen molar-refractivity contribution in [2.45, 2.75) is 45.5 Å². The highest BCUT2D eigenvalue weighted by Gasteiger charge is 2.33. The van der Waals surface area contributed by atoms with Crippen molar-refractivity contribution in [3.63, 3.8) is 0 Å². The predicted molar refractivity (Wildman–Crippen MR) is 121 cm³/mol. The Morgan fingerprint density at radius 2 is 1.89 bits per heavy atom. The summed E-state index contributed by atoms with van der Waals surface area (Å²) in [6.45, 7) is 5.68. The topological polar surface area (TPSA) is 108 Å². The lowest BCUT2D eigenvalue weighted by atomic mass is 10.0. The highest BCUT2D eigenvalue weighted by atomic mass is 19.4. The number of halogens is 3. The minimum atomic E-state index is -4.60. The molecule has 0 aliphatic heterocycles.